The van der Waals surface area contributed by atoms with Gasteiger partial charge in [0.25, 0.3) is 0 Å². The van der Waals surface area contributed by atoms with Crippen LogP contribution in [0, 0.1) is 22.7 Å². The van der Waals surface area contributed by atoms with Crippen LogP contribution in [0.3, 0.4) is 0 Å². The first-order valence-electron chi connectivity index (χ1n) is 6.31. The van der Waals surface area contributed by atoms with Crippen molar-refractivity contribution in [2.75, 3.05) is 11.4 Å². The van der Waals surface area contributed by atoms with Crippen molar-refractivity contribution in [1.82, 2.24) is 67.7 Å². The summed E-state index contributed by atoms with van der Waals surface area (Å²) in [7, 11) is 0. The highest BCUT2D eigenvalue weighted by molar-refractivity contribution is 5.79. The van der Waals surface area contributed by atoms with Gasteiger partial charge in [0.2, 0.25) is 0 Å². The maximum atomic E-state index is 9.14. The molecule has 0 aromatic heterocycles. The summed E-state index contributed by atoms with van der Waals surface area (Å²) in [5.74, 6) is 1.37. The van der Waals surface area contributed by atoms with Crippen LogP contribution in [-0.4, -0.2) is 6.54 Å². The smallest absolute Gasteiger partial charge is 0.152 e. The summed E-state index contributed by atoms with van der Waals surface area (Å²) in [5.41, 5.74) is 2.49. The monoisotopic (exact) mass is 448 g/mol. The van der Waals surface area contributed by atoms with Crippen LogP contribution < -0.4 is 77.3 Å². The maximum absolute atomic E-state index is 9.14. The topological polar surface area (TPSA) is 445 Å². The van der Waals surface area contributed by atoms with E-state index in [1.807, 2.05) is 37.3 Å². The second-order valence-electron chi connectivity index (χ2n) is 4.40. The minimum atomic E-state index is 0. The molecule has 0 saturated heterocycles. The zero-order valence-electron chi connectivity index (χ0n) is 18.7. The number of ether oxygens (including phenoxy) is 1. The van der Waals surface area contributed by atoms with E-state index in [1.54, 1.807) is 12.1 Å². The first-order chi connectivity index (χ1) is 9.78. The maximum Gasteiger partial charge on any atom is 0.152 e. The van der Waals surface area contributed by atoms with Crippen molar-refractivity contribution in [2.24, 2.45) is 0 Å². The molecule has 0 unspecified atom stereocenters. The summed E-state index contributed by atoms with van der Waals surface area (Å²) in [6, 6.07) is 15.2. The molecule has 1 heterocycles. The third-order valence-electron chi connectivity index (χ3n) is 3.32. The van der Waals surface area contributed by atoms with E-state index in [9.17, 15) is 0 Å². The number of hydrogen-bond donors (Lipinski definition) is 11. The first-order valence-corrected chi connectivity index (χ1v) is 6.31. The van der Waals surface area contributed by atoms with E-state index in [2.05, 4.69) is 11.0 Å². The Hall–Kier alpha value is -3.42. The molecule has 3 rings (SSSR count). The molecule has 0 aliphatic carbocycles. The highest BCUT2D eigenvalue weighted by Gasteiger charge is 2.24. The number of nitrogens with zero attached hydrogens (tertiary/aromatic N) is 3. The zero-order chi connectivity index (χ0) is 14.1. The average Bonchev–Trinajstić information content (AvgIpc) is 2.51. The summed E-state index contributed by atoms with van der Waals surface area (Å²) in [4.78, 5) is 2.08. The molecule has 184 valence electrons. The minimum Gasteiger partial charge on any atom is -0.453 e. The molecule has 1 aliphatic rings. The lowest BCUT2D eigenvalue weighted by Gasteiger charge is -2.32. The van der Waals surface area contributed by atoms with Gasteiger partial charge in [0.1, 0.15) is 12.1 Å². The Morgan fingerprint density at radius 2 is 1.13 bits per heavy atom. The fourth-order valence-electron chi connectivity index (χ4n) is 2.40. The van der Waals surface area contributed by atoms with Crippen molar-refractivity contribution in [3.8, 4) is 23.6 Å². The van der Waals surface area contributed by atoms with E-state index in [4.69, 9.17) is 15.3 Å². The number of fused-ring (bicyclic) bond motifs is 2. The SMILES string of the molecule is CCN1c2ccccc2Oc2cc(C#N)c(C#N)cc21.N.N.N.N.N.N.N.N.N.N.N. The van der Waals surface area contributed by atoms with Gasteiger partial charge in [0.15, 0.2) is 11.5 Å². The zero-order valence-corrected chi connectivity index (χ0v) is 18.7. The average molecular weight is 449 g/mol. The van der Waals surface area contributed by atoms with Crippen molar-refractivity contribution in [3.63, 3.8) is 0 Å². The van der Waals surface area contributed by atoms with Gasteiger partial charge in [-0.25, -0.2) is 0 Å². The molecular weight excluding hydrogens is 404 g/mol. The van der Waals surface area contributed by atoms with E-state index in [0.29, 0.717) is 16.9 Å². The number of benzene rings is 2. The van der Waals surface area contributed by atoms with Gasteiger partial charge in [-0.15, -0.1) is 0 Å². The van der Waals surface area contributed by atoms with Gasteiger partial charge >= 0.3 is 0 Å². The van der Waals surface area contributed by atoms with Crippen molar-refractivity contribution in [1.29, 1.82) is 10.5 Å². The van der Waals surface area contributed by atoms with Gasteiger partial charge in [-0.3, -0.25) is 0 Å². The van der Waals surface area contributed by atoms with Gasteiger partial charge in [-0.1, -0.05) is 12.1 Å². The molecule has 0 saturated carbocycles. The Morgan fingerprint density at radius 3 is 1.58 bits per heavy atom. The lowest BCUT2D eigenvalue weighted by atomic mass is 10.1. The Bertz CT molecular complexity index is 787. The third kappa shape index (κ3) is 9.29. The van der Waals surface area contributed by atoms with Crippen LogP contribution in [0.5, 0.6) is 11.5 Å². The molecule has 15 heteroatoms. The lowest BCUT2D eigenvalue weighted by Crippen LogP contribution is -2.20. The normalized spacial score (nSPS) is 7.52. The van der Waals surface area contributed by atoms with E-state index in [1.165, 1.54) is 0 Å². The third-order valence-corrected chi connectivity index (χ3v) is 3.32. The summed E-state index contributed by atoms with van der Waals surface area (Å²) in [5, 5.41) is 18.2. The number of hydrogen-bond acceptors (Lipinski definition) is 15. The largest absolute Gasteiger partial charge is 0.453 e. The first kappa shape index (κ1) is 56.4. The fraction of sp³-hybridized carbons (Fsp3) is 0.125. The van der Waals surface area contributed by atoms with Crippen molar-refractivity contribution in [2.45, 2.75) is 6.92 Å². The number of anilines is 2. The van der Waals surface area contributed by atoms with Gasteiger partial charge in [-0.2, -0.15) is 10.5 Å². The van der Waals surface area contributed by atoms with Crippen LogP contribution in [-0.2, 0) is 0 Å². The van der Waals surface area contributed by atoms with Gasteiger partial charge < -0.3 is 77.3 Å². The molecule has 31 heavy (non-hydrogen) atoms. The van der Waals surface area contributed by atoms with Crippen LogP contribution in [0.4, 0.5) is 11.4 Å². The summed E-state index contributed by atoms with van der Waals surface area (Å²) in [6.07, 6.45) is 0. The molecule has 0 fully saturated rings. The molecular formula is C16H44N14O. The second-order valence-corrected chi connectivity index (χ2v) is 4.40. The Labute approximate surface area is 184 Å². The highest BCUT2D eigenvalue weighted by Crippen LogP contribution is 2.47. The van der Waals surface area contributed by atoms with Crippen molar-refractivity contribution in [3.05, 3.63) is 47.5 Å². The molecule has 0 amide bonds. The number of rotatable bonds is 1. The van der Waals surface area contributed by atoms with Crippen molar-refractivity contribution < 1.29 is 4.74 Å². The Kier molecular flexibility index (Phi) is 41.6. The summed E-state index contributed by atoms with van der Waals surface area (Å²) in [6.45, 7) is 2.79. The van der Waals surface area contributed by atoms with E-state index in [-0.39, 0.29) is 67.7 Å². The molecule has 2 aromatic rings. The van der Waals surface area contributed by atoms with E-state index in [0.717, 1.165) is 23.7 Å². The molecule has 1 aliphatic heterocycles. The predicted molar refractivity (Wildman–Crippen MR) is 130 cm³/mol. The van der Waals surface area contributed by atoms with Gasteiger partial charge in [0, 0.05) is 12.6 Å². The minimum absolute atomic E-state index is 0. The number of para-hydroxylation sites is 2. The van der Waals surface area contributed by atoms with Crippen LogP contribution >= 0.6 is 0 Å². The molecule has 0 atom stereocenters. The molecule has 0 spiro atoms. The lowest BCUT2D eigenvalue weighted by molar-refractivity contribution is 0.473. The summed E-state index contributed by atoms with van der Waals surface area (Å²) >= 11 is 0. The highest BCUT2D eigenvalue weighted by atomic mass is 16.5. The van der Waals surface area contributed by atoms with Gasteiger partial charge in [0.05, 0.1) is 22.5 Å². The fourth-order valence-corrected chi connectivity index (χ4v) is 2.40. The molecule has 33 N–H and O–H groups in total. The van der Waals surface area contributed by atoms with Crippen molar-refractivity contribution >= 4 is 11.4 Å². The predicted octanol–water partition coefficient (Wildman–Crippen LogP) is 5.48. The molecule has 0 bridgehead atoms. The van der Waals surface area contributed by atoms with E-state index >= 15 is 0 Å². The Balaban J connectivity index is -0.0000000629. The van der Waals surface area contributed by atoms with Crippen LogP contribution in [0.1, 0.15) is 18.1 Å². The quantitative estimate of drug-likeness (QED) is 0.257. The molecule has 15 nitrogen and oxygen atoms in total. The Morgan fingerprint density at radius 1 is 0.677 bits per heavy atom. The van der Waals surface area contributed by atoms with Gasteiger partial charge in [-0.05, 0) is 25.1 Å². The molecule has 0 radical (unpaired) electrons. The standard InChI is InChI=1S/C16H11N3O.11H3N/c1-2-19-13-5-3-4-6-15(13)20-16-8-12(10-18)11(9-17)7-14(16)19;;;;;;;;;;;/h3-8H,2H2,1H3;11*1H3. The second kappa shape index (κ2) is 22.9. The van der Waals surface area contributed by atoms with Crippen LogP contribution in [0.25, 0.3) is 0 Å². The van der Waals surface area contributed by atoms with Crippen LogP contribution in [0.2, 0.25) is 0 Å². The summed E-state index contributed by atoms with van der Waals surface area (Å²) < 4.78 is 5.85. The van der Waals surface area contributed by atoms with E-state index < -0.39 is 0 Å². The van der Waals surface area contributed by atoms with Crippen LogP contribution in [0.15, 0.2) is 36.4 Å². The number of nitriles is 2. The molecule has 2 aromatic carbocycles.